The highest BCUT2D eigenvalue weighted by Crippen LogP contribution is 2.17. The fraction of sp³-hybridized carbons (Fsp3) is 0.533. The molecule has 0 saturated carbocycles. The van der Waals surface area contributed by atoms with E-state index in [0.717, 1.165) is 13.1 Å². The maximum atomic E-state index is 14.0. The summed E-state index contributed by atoms with van der Waals surface area (Å²) in [6, 6.07) is 6.99. The van der Waals surface area contributed by atoms with E-state index in [0.29, 0.717) is 12.1 Å². The van der Waals surface area contributed by atoms with Crippen LogP contribution in [0, 0.1) is 17.1 Å². The van der Waals surface area contributed by atoms with E-state index in [9.17, 15) is 4.39 Å². The zero-order valence-corrected chi connectivity index (χ0v) is 10.7. The molecule has 0 spiro atoms. The lowest BCUT2D eigenvalue weighted by Crippen LogP contribution is -2.27. The SMILES string of the molecule is N#Cc1cccc(CN2CCCCCCC2)c1F. The van der Waals surface area contributed by atoms with Gasteiger partial charge in [0.1, 0.15) is 11.9 Å². The molecule has 2 nitrogen and oxygen atoms in total. The number of hydrogen-bond acceptors (Lipinski definition) is 2. The average Bonchev–Trinajstić information content (AvgIpc) is 2.34. The molecule has 0 N–H and O–H groups in total. The van der Waals surface area contributed by atoms with E-state index in [2.05, 4.69) is 4.90 Å². The molecule has 18 heavy (non-hydrogen) atoms. The summed E-state index contributed by atoms with van der Waals surface area (Å²) >= 11 is 0. The van der Waals surface area contributed by atoms with Gasteiger partial charge in [0.2, 0.25) is 0 Å². The molecular weight excluding hydrogens is 227 g/mol. The quantitative estimate of drug-likeness (QED) is 0.799. The Hall–Kier alpha value is -1.40. The van der Waals surface area contributed by atoms with Crippen molar-refractivity contribution in [1.29, 1.82) is 5.26 Å². The van der Waals surface area contributed by atoms with Crippen LogP contribution >= 0.6 is 0 Å². The van der Waals surface area contributed by atoms with Crippen LogP contribution in [0.2, 0.25) is 0 Å². The second-order valence-corrected chi connectivity index (χ2v) is 4.93. The zero-order chi connectivity index (χ0) is 12.8. The Balaban J connectivity index is 2.06. The molecule has 96 valence electrons. The van der Waals surface area contributed by atoms with Crippen molar-refractivity contribution in [3.8, 4) is 6.07 Å². The standard InChI is InChI=1S/C15H19FN2/c16-15-13(11-17)7-6-8-14(15)12-18-9-4-2-1-3-5-10-18/h6-8H,1-5,9-10,12H2. The smallest absolute Gasteiger partial charge is 0.145 e. The maximum absolute atomic E-state index is 14.0. The molecule has 1 aromatic rings. The van der Waals surface area contributed by atoms with Crippen molar-refractivity contribution in [1.82, 2.24) is 4.90 Å². The Morgan fingerprint density at radius 1 is 1.11 bits per heavy atom. The fourth-order valence-corrected chi connectivity index (χ4v) is 2.50. The van der Waals surface area contributed by atoms with Crippen LogP contribution in [0.4, 0.5) is 4.39 Å². The second-order valence-electron chi connectivity index (χ2n) is 4.93. The van der Waals surface area contributed by atoms with Gasteiger partial charge >= 0.3 is 0 Å². The van der Waals surface area contributed by atoms with Crippen LogP contribution in [0.5, 0.6) is 0 Å². The Morgan fingerprint density at radius 2 is 1.78 bits per heavy atom. The molecule has 0 unspecified atom stereocenters. The van der Waals surface area contributed by atoms with E-state index in [1.165, 1.54) is 38.2 Å². The Bertz CT molecular complexity index is 429. The van der Waals surface area contributed by atoms with E-state index in [-0.39, 0.29) is 11.4 Å². The molecule has 1 aliphatic heterocycles. The van der Waals surface area contributed by atoms with E-state index >= 15 is 0 Å². The van der Waals surface area contributed by atoms with Gasteiger partial charge in [-0.3, -0.25) is 4.90 Å². The molecule has 3 heteroatoms. The van der Waals surface area contributed by atoms with E-state index in [4.69, 9.17) is 5.26 Å². The van der Waals surface area contributed by atoms with Gasteiger partial charge in [-0.2, -0.15) is 5.26 Å². The summed E-state index contributed by atoms with van der Waals surface area (Å²) in [5.74, 6) is -0.345. The summed E-state index contributed by atoms with van der Waals surface area (Å²) in [4.78, 5) is 2.30. The minimum atomic E-state index is -0.345. The normalized spacial score (nSPS) is 17.8. The monoisotopic (exact) mass is 246 g/mol. The third-order valence-electron chi connectivity index (χ3n) is 3.54. The van der Waals surface area contributed by atoms with E-state index in [1.54, 1.807) is 12.1 Å². The van der Waals surface area contributed by atoms with Crippen molar-refractivity contribution in [3.05, 3.63) is 35.1 Å². The molecule has 2 rings (SSSR count). The molecule has 0 atom stereocenters. The molecule has 0 radical (unpaired) electrons. The lowest BCUT2D eigenvalue weighted by atomic mass is 10.1. The maximum Gasteiger partial charge on any atom is 0.145 e. The number of nitriles is 1. The molecule has 0 amide bonds. The molecule has 0 aromatic heterocycles. The van der Waals surface area contributed by atoms with Gasteiger partial charge < -0.3 is 0 Å². The Kier molecular flexibility index (Phi) is 4.72. The molecule has 0 aliphatic carbocycles. The van der Waals surface area contributed by atoms with E-state index in [1.807, 2.05) is 6.07 Å². The minimum absolute atomic E-state index is 0.152. The molecule has 1 heterocycles. The van der Waals surface area contributed by atoms with Crippen molar-refractivity contribution >= 4 is 0 Å². The third-order valence-corrected chi connectivity index (χ3v) is 3.54. The Labute approximate surface area is 108 Å². The van der Waals surface area contributed by atoms with Crippen LogP contribution < -0.4 is 0 Å². The zero-order valence-electron chi connectivity index (χ0n) is 10.7. The first kappa shape index (κ1) is 13.0. The van der Waals surface area contributed by atoms with Gasteiger partial charge in [0.05, 0.1) is 5.56 Å². The van der Waals surface area contributed by atoms with Crippen molar-refractivity contribution in [2.75, 3.05) is 13.1 Å². The van der Waals surface area contributed by atoms with Crippen LogP contribution in [0.15, 0.2) is 18.2 Å². The average molecular weight is 246 g/mol. The summed E-state index contributed by atoms with van der Waals surface area (Å²) in [6.07, 6.45) is 6.26. The summed E-state index contributed by atoms with van der Waals surface area (Å²) < 4.78 is 14.0. The van der Waals surface area contributed by atoms with Gasteiger partial charge in [-0.05, 0) is 32.0 Å². The summed E-state index contributed by atoms with van der Waals surface area (Å²) in [5.41, 5.74) is 0.800. The largest absolute Gasteiger partial charge is 0.299 e. The number of hydrogen-bond donors (Lipinski definition) is 0. The van der Waals surface area contributed by atoms with E-state index < -0.39 is 0 Å². The molecule has 1 aliphatic rings. The fourth-order valence-electron chi connectivity index (χ4n) is 2.50. The summed E-state index contributed by atoms with van der Waals surface area (Å²) in [7, 11) is 0. The minimum Gasteiger partial charge on any atom is -0.299 e. The van der Waals surface area contributed by atoms with Gasteiger partial charge in [0.15, 0.2) is 0 Å². The van der Waals surface area contributed by atoms with Gasteiger partial charge in [-0.25, -0.2) is 4.39 Å². The van der Waals surface area contributed by atoms with Crippen LogP contribution in [0.3, 0.4) is 0 Å². The third kappa shape index (κ3) is 3.30. The summed E-state index contributed by atoms with van der Waals surface area (Å²) in [5, 5.41) is 8.83. The number of halogens is 1. The van der Waals surface area contributed by atoms with Gasteiger partial charge in [-0.1, -0.05) is 31.4 Å². The van der Waals surface area contributed by atoms with Crippen LogP contribution in [0.25, 0.3) is 0 Å². The second kappa shape index (κ2) is 6.51. The highest BCUT2D eigenvalue weighted by atomic mass is 19.1. The van der Waals surface area contributed by atoms with Crippen molar-refractivity contribution in [3.63, 3.8) is 0 Å². The lowest BCUT2D eigenvalue weighted by molar-refractivity contribution is 0.237. The van der Waals surface area contributed by atoms with Crippen LogP contribution in [0.1, 0.15) is 43.2 Å². The van der Waals surface area contributed by atoms with Crippen LogP contribution in [-0.2, 0) is 6.54 Å². The first-order valence-corrected chi connectivity index (χ1v) is 6.71. The van der Waals surface area contributed by atoms with Gasteiger partial charge in [0.25, 0.3) is 0 Å². The van der Waals surface area contributed by atoms with Gasteiger partial charge in [-0.15, -0.1) is 0 Å². The lowest BCUT2D eigenvalue weighted by Gasteiger charge is -2.24. The Morgan fingerprint density at radius 3 is 2.44 bits per heavy atom. The highest BCUT2D eigenvalue weighted by Gasteiger charge is 2.13. The topological polar surface area (TPSA) is 27.0 Å². The van der Waals surface area contributed by atoms with Crippen molar-refractivity contribution < 1.29 is 4.39 Å². The molecular formula is C15H19FN2. The van der Waals surface area contributed by atoms with Crippen LogP contribution in [-0.4, -0.2) is 18.0 Å². The number of rotatable bonds is 2. The highest BCUT2D eigenvalue weighted by molar-refractivity contribution is 5.34. The van der Waals surface area contributed by atoms with Crippen molar-refractivity contribution in [2.24, 2.45) is 0 Å². The van der Waals surface area contributed by atoms with Crippen molar-refractivity contribution in [2.45, 2.75) is 38.6 Å². The number of nitrogens with zero attached hydrogens (tertiary/aromatic N) is 2. The summed E-state index contributed by atoms with van der Waals surface area (Å²) in [6.45, 7) is 2.70. The molecule has 1 aromatic carbocycles. The number of benzene rings is 1. The predicted molar refractivity (Wildman–Crippen MR) is 69.5 cm³/mol. The number of likely N-dealkylation sites (tertiary alicyclic amines) is 1. The molecule has 1 saturated heterocycles. The first-order chi connectivity index (χ1) is 8.81. The molecule has 1 fully saturated rings. The van der Waals surface area contributed by atoms with Gasteiger partial charge in [0, 0.05) is 12.1 Å². The first-order valence-electron chi connectivity index (χ1n) is 6.71. The molecule has 0 bridgehead atoms. The predicted octanol–water partition coefficient (Wildman–Crippen LogP) is 3.46.